The van der Waals surface area contributed by atoms with Gasteiger partial charge < -0.3 is 14.5 Å². The molecule has 1 aromatic heterocycles. The highest BCUT2D eigenvalue weighted by Crippen LogP contribution is 2.12. The van der Waals surface area contributed by atoms with Crippen LogP contribution in [0.4, 0.5) is 5.69 Å². The molecular formula is C15H13NO4. The van der Waals surface area contributed by atoms with Gasteiger partial charge in [0.25, 0.3) is 0 Å². The summed E-state index contributed by atoms with van der Waals surface area (Å²) in [5, 5.41) is 2.65. The van der Waals surface area contributed by atoms with Gasteiger partial charge in [-0.05, 0) is 36.4 Å². The quantitative estimate of drug-likeness (QED) is 0.685. The zero-order valence-electron chi connectivity index (χ0n) is 10.8. The van der Waals surface area contributed by atoms with Crippen molar-refractivity contribution in [2.75, 3.05) is 12.4 Å². The molecule has 1 amide bonds. The van der Waals surface area contributed by atoms with E-state index in [1.165, 1.54) is 19.4 Å². The van der Waals surface area contributed by atoms with E-state index >= 15 is 0 Å². The van der Waals surface area contributed by atoms with Crippen molar-refractivity contribution in [1.82, 2.24) is 0 Å². The molecule has 5 heteroatoms. The number of carbonyl (C=O) groups excluding carboxylic acids is 2. The Kier molecular flexibility index (Phi) is 4.34. The molecule has 0 bridgehead atoms. The Hall–Kier alpha value is -2.82. The van der Waals surface area contributed by atoms with E-state index < -0.39 is 5.97 Å². The van der Waals surface area contributed by atoms with E-state index in [0.717, 1.165) is 0 Å². The van der Waals surface area contributed by atoms with Crippen LogP contribution in [-0.2, 0) is 9.53 Å². The van der Waals surface area contributed by atoms with Gasteiger partial charge >= 0.3 is 5.97 Å². The third-order valence-corrected chi connectivity index (χ3v) is 2.49. The van der Waals surface area contributed by atoms with Gasteiger partial charge in [-0.3, -0.25) is 4.79 Å². The molecule has 0 spiro atoms. The first-order chi connectivity index (χ1) is 9.69. The van der Waals surface area contributed by atoms with Gasteiger partial charge in [0.15, 0.2) is 0 Å². The minimum absolute atomic E-state index is 0.316. The SMILES string of the molecule is COC(=O)c1cccc(NC(=O)/C=C/c2ccco2)c1. The third kappa shape index (κ3) is 3.58. The van der Waals surface area contributed by atoms with Crippen LogP contribution >= 0.6 is 0 Å². The molecule has 0 saturated carbocycles. The second kappa shape index (κ2) is 6.38. The van der Waals surface area contributed by atoms with Crippen LogP contribution in [0.2, 0.25) is 0 Å². The van der Waals surface area contributed by atoms with Crippen LogP contribution in [-0.4, -0.2) is 19.0 Å². The number of rotatable bonds is 4. The molecule has 0 aliphatic carbocycles. The highest BCUT2D eigenvalue weighted by atomic mass is 16.5. The number of furan rings is 1. The normalized spacial score (nSPS) is 10.4. The van der Waals surface area contributed by atoms with Crippen molar-refractivity contribution in [1.29, 1.82) is 0 Å². The molecule has 0 fully saturated rings. The van der Waals surface area contributed by atoms with Crippen molar-refractivity contribution in [2.45, 2.75) is 0 Å². The predicted octanol–water partition coefficient (Wildman–Crippen LogP) is 2.72. The first-order valence-electron chi connectivity index (χ1n) is 5.90. The van der Waals surface area contributed by atoms with E-state index in [1.54, 1.807) is 42.5 Å². The summed E-state index contributed by atoms with van der Waals surface area (Å²) in [5.41, 5.74) is 0.891. The first-order valence-corrected chi connectivity index (χ1v) is 5.90. The van der Waals surface area contributed by atoms with Gasteiger partial charge in [-0.1, -0.05) is 6.07 Å². The number of ether oxygens (including phenoxy) is 1. The number of methoxy groups -OCH3 is 1. The van der Waals surface area contributed by atoms with Crippen LogP contribution in [0, 0.1) is 0 Å². The topological polar surface area (TPSA) is 68.5 Å². The molecule has 1 N–H and O–H groups in total. The fourth-order valence-corrected chi connectivity index (χ4v) is 1.57. The van der Waals surface area contributed by atoms with E-state index in [9.17, 15) is 9.59 Å². The maximum atomic E-state index is 11.7. The van der Waals surface area contributed by atoms with Crippen molar-refractivity contribution in [3.8, 4) is 0 Å². The number of hydrogen-bond acceptors (Lipinski definition) is 4. The Morgan fingerprint density at radius 3 is 2.80 bits per heavy atom. The Bertz CT molecular complexity index is 629. The zero-order chi connectivity index (χ0) is 14.4. The van der Waals surface area contributed by atoms with Gasteiger partial charge in [0, 0.05) is 11.8 Å². The fourth-order valence-electron chi connectivity index (χ4n) is 1.57. The molecule has 5 nitrogen and oxygen atoms in total. The molecule has 0 unspecified atom stereocenters. The molecule has 1 heterocycles. The highest BCUT2D eigenvalue weighted by Gasteiger charge is 2.06. The number of carbonyl (C=O) groups is 2. The largest absolute Gasteiger partial charge is 0.465 e. The molecule has 2 aromatic rings. The average Bonchev–Trinajstić information content (AvgIpc) is 2.98. The lowest BCUT2D eigenvalue weighted by atomic mass is 10.2. The molecule has 20 heavy (non-hydrogen) atoms. The number of hydrogen-bond donors (Lipinski definition) is 1. The van der Waals surface area contributed by atoms with Gasteiger partial charge in [-0.25, -0.2) is 4.79 Å². The molecule has 1 aromatic carbocycles. The predicted molar refractivity (Wildman–Crippen MR) is 74.2 cm³/mol. The van der Waals surface area contributed by atoms with Gasteiger partial charge in [0.2, 0.25) is 5.91 Å². The zero-order valence-corrected chi connectivity index (χ0v) is 10.8. The average molecular weight is 271 g/mol. The molecule has 0 radical (unpaired) electrons. The molecule has 2 rings (SSSR count). The fraction of sp³-hybridized carbons (Fsp3) is 0.0667. The minimum Gasteiger partial charge on any atom is -0.465 e. The number of nitrogens with one attached hydrogen (secondary N) is 1. The summed E-state index contributed by atoms with van der Waals surface area (Å²) >= 11 is 0. The monoisotopic (exact) mass is 271 g/mol. The van der Waals surface area contributed by atoms with Crippen LogP contribution in [0.5, 0.6) is 0 Å². The Labute approximate surface area is 115 Å². The van der Waals surface area contributed by atoms with Crippen molar-refractivity contribution in [3.63, 3.8) is 0 Å². The summed E-state index contributed by atoms with van der Waals surface area (Å²) in [6.07, 6.45) is 4.43. The van der Waals surface area contributed by atoms with Crippen molar-refractivity contribution in [3.05, 3.63) is 60.1 Å². The van der Waals surface area contributed by atoms with Crippen LogP contribution in [0.3, 0.4) is 0 Å². The Balaban J connectivity index is 2.02. The summed E-state index contributed by atoms with van der Waals surface area (Å²) in [5.74, 6) is -0.181. The van der Waals surface area contributed by atoms with Gasteiger partial charge in [0.1, 0.15) is 5.76 Å². The van der Waals surface area contributed by atoms with Crippen LogP contribution < -0.4 is 5.32 Å². The summed E-state index contributed by atoms with van der Waals surface area (Å²) in [6.45, 7) is 0. The standard InChI is InChI=1S/C15H13NO4/c1-19-15(18)11-4-2-5-12(10-11)16-14(17)8-7-13-6-3-9-20-13/h2-10H,1H3,(H,16,17)/b8-7+. The molecular weight excluding hydrogens is 258 g/mol. The maximum Gasteiger partial charge on any atom is 0.337 e. The summed E-state index contributed by atoms with van der Waals surface area (Å²) in [7, 11) is 1.31. The highest BCUT2D eigenvalue weighted by molar-refractivity contribution is 6.02. The van der Waals surface area contributed by atoms with Crippen molar-refractivity contribution in [2.24, 2.45) is 0 Å². The first kappa shape index (κ1) is 13.6. The van der Waals surface area contributed by atoms with Gasteiger partial charge in [0.05, 0.1) is 18.9 Å². The van der Waals surface area contributed by atoms with E-state index in [4.69, 9.17) is 4.42 Å². The van der Waals surface area contributed by atoms with Crippen molar-refractivity contribution < 1.29 is 18.7 Å². The molecule has 102 valence electrons. The lowest BCUT2D eigenvalue weighted by molar-refractivity contribution is -0.111. The smallest absolute Gasteiger partial charge is 0.337 e. The van der Waals surface area contributed by atoms with E-state index in [0.29, 0.717) is 17.0 Å². The number of esters is 1. The van der Waals surface area contributed by atoms with E-state index in [-0.39, 0.29) is 5.91 Å². The van der Waals surface area contributed by atoms with Gasteiger partial charge in [-0.15, -0.1) is 0 Å². The van der Waals surface area contributed by atoms with Crippen molar-refractivity contribution >= 4 is 23.6 Å². The molecule has 0 aliphatic heterocycles. The van der Waals surface area contributed by atoms with Gasteiger partial charge in [-0.2, -0.15) is 0 Å². The Morgan fingerprint density at radius 1 is 1.25 bits per heavy atom. The summed E-state index contributed by atoms with van der Waals surface area (Å²) in [6, 6.07) is 9.98. The summed E-state index contributed by atoms with van der Waals surface area (Å²) in [4.78, 5) is 23.1. The number of amides is 1. The summed E-state index contributed by atoms with van der Waals surface area (Å²) < 4.78 is 9.69. The lowest BCUT2D eigenvalue weighted by Crippen LogP contribution is -2.09. The lowest BCUT2D eigenvalue weighted by Gasteiger charge is -2.04. The molecule has 0 aliphatic rings. The van der Waals surface area contributed by atoms with E-state index in [2.05, 4.69) is 10.1 Å². The molecule has 0 atom stereocenters. The van der Waals surface area contributed by atoms with Crippen LogP contribution in [0.25, 0.3) is 6.08 Å². The van der Waals surface area contributed by atoms with Crippen LogP contribution in [0.1, 0.15) is 16.1 Å². The molecule has 0 saturated heterocycles. The van der Waals surface area contributed by atoms with E-state index in [1.807, 2.05) is 0 Å². The Morgan fingerprint density at radius 2 is 2.10 bits per heavy atom. The minimum atomic E-state index is -0.452. The van der Waals surface area contributed by atoms with Crippen LogP contribution in [0.15, 0.2) is 53.2 Å². The maximum absolute atomic E-state index is 11.7. The number of benzene rings is 1. The second-order valence-electron chi connectivity index (χ2n) is 3.91. The third-order valence-electron chi connectivity index (χ3n) is 2.49. The number of anilines is 1. The second-order valence-corrected chi connectivity index (χ2v) is 3.91.